The second-order valence-corrected chi connectivity index (χ2v) is 17.6. The summed E-state index contributed by atoms with van der Waals surface area (Å²) in [5, 5.41) is 176. The van der Waals surface area contributed by atoms with Crippen LogP contribution in [0, 0.1) is 0 Å². The van der Waals surface area contributed by atoms with Gasteiger partial charge in [0.05, 0.1) is 44.7 Å². The number of aliphatic hydroxyl groups is 15. The van der Waals surface area contributed by atoms with E-state index in [9.17, 15) is 101 Å². The molecule has 5 rings (SSSR count). The molecule has 32 nitrogen and oxygen atoms in total. The number of carboxylic acids is 1. The molecule has 0 spiro atoms. The monoisotopic (exact) mass is 1040 g/mol. The zero-order chi connectivity index (χ0) is 53.0. The molecule has 0 bridgehead atoms. The van der Waals surface area contributed by atoms with Crippen LogP contribution in [0.15, 0.2) is 0 Å². The van der Waals surface area contributed by atoms with Gasteiger partial charge in [-0.2, -0.15) is 0 Å². The van der Waals surface area contributed by atoms with Crippen molar-refractivity contribution in [3.05, 3.63) is 0 Å². The van der Waals surface area contributed by atoms with E-state index in [4.69, 9.17) is 42.6 Å². The zero-order valence-corrected chi connectivity index (χ0v) is 38.1. The minimum atomic E-state index is -3.03. The molecular weight excluding hydrogens is 974 g/mol. The molecule has 32 heteroatoms. The van der Waals surface area contributed by atoms with E-state index in [1.54, 1.807) is 0 Å². The molecule has 5 aliphatic heterocycles. The third-order valence-corrected chi connectivity index (χ3v) is 12.6. The Morgan fingerprint density at radius 3 is 1.79 bits per heavy atom. The molecule has 5 saturated heterocycles. The lowest BCUT2D eigenvalue weighted by Gasteiger charge is -2.50. The number of rotatable bonds is 19. The van der Waals surface area contributed by atoms with Crippen LogP contribution in [0.5, 0.6) is 0 Å². The number of amides is 3. The van der Waals surface area contributed by atoms with Gasteiger partial charge in [0.2, 0.25) is 17.7 Å². The largest absolute Gasteiger partial charge is 0.477 e. The number of nitrogens with one attached hydrogen (secondary N) is 3. The van der Waals surface area contributed by atoms with Crippen molar-refractivity contribution in [2.75, 3.05) is 33.0 Å². The topological polar surface area (TPSA) is 511 Å². The maximum atomic E-state index is 12.8. The fourth-order valence-corrected chi connectivity index (χ4v) is 8.75. The van der Waals surface area contributed by atoms with Gasteiger partial charge in [0.25, 0.3) is 5.79 Å². The maximum absolute atomic E-state index is 12.8. The van der Waals surface area contributed by atoms with Gasteiger partial charge < -0.3 is 140 Å². The van der Waals surface area contributed by atoms with E-state index in [0.29, 0.717) is 0 Å². The summed E-state index contributed by atoms with van der Waals surface area (Å²) in [7, 11) is 0. The van der Waals surface area contributed by atoms with Crippen molar-refractivity contribution in [3.63, 3.8) is 0 Å². The second-order valence-electron chi connectivity index (χ2n) is 17.6. The first-order valence-electron chi connectivity index (χ1n) is 22.2. The van der Waals surface area contributed by atoms with E-state index >= 15 is 0 Å². The van der Waals surface area contributed by atoms with Crippen LogP contribution >= 0.6 is 0 Å². The number of ether oxygens (including phenoxy) is 9. The molecule has 5 fully saturated rings. The minimum Gasteiger partial charge on any atom is -0.477 e. The molecule has 5 aliphatic rings. The summed E-state index contributed by atoms with van der Waals surface area (Å²) < 4.78 is 51.4. The Hall–Kier alpha value is -3.08. The molecule has 0 radical (unpaired) electrons. The van der Waals surface area contributed by atoms with Crippen LogP contribution in [0.3, 0.4) is 0 Å². The zero-order valence-electron chi connectivity index (χ0n) is 38.1. The lowest BCUT2D eigenvalue weighted by atomic mass is 9.88. The van der Waals surface area contributed by atoms with Crippen molar-refractivity contribution >= 4 is 23.7 Å². The van der Waals surface area contributed by atoms with E-state index in [-0.39, 0.29) is 0 Å². The summed E-state index contributed by atoms with van der Waals surface area (Å²) in [6, 6.07) is -5.32. The lowest BCUT2D eigenvalue weighted by molar-refractivity contribution is -0.386. The van der Waals surface area contributed by atoms with Crippen LogP contribution in [-0.4, -0.2) is 297 Å². The van der Waals surface area contributed by atoms with E-state index < -0.39 is 222 Å². The van der Waals surface area contributed by atoms with Crippen LogP contribution < -0.4 is 16.0 Å². The van der Waals surface area contributed by atoms with Gasteiger partial charge in [-0.15, -0.1) is 0 Å². The summed E-state index contributed by atoms with van der Waals surface area (Å²) in [6.45, 7) is -2.12. The van der Waals surface area contributed by atoms with E-state index in [0.717, 1.165) is 13.8 Å². The standard InChI is InChI=1S/C39H65N3O29/c1-10-22(52)27(57)29(59)36(64-10)70-33-28(58)24(54)15(6-44)66-37(33)68-30-16(7-45)67-35(20(26(30)56)40-11(2)47)69-31-21(41-12(3)48)34(60)65-17(25(31)55)9-63-39(38(61)62)4-13(49)19(42-18(51)8-46)32(71-39)23(53)14(50)5-43/h10,13-17,19-37,43-46,49-50,52-60H,4-9H2,1-3H3,(H,40,47)(H,41,48)(H,42,51)(H,61,62)/t10-,13-,14+,15+,16+,17+,19+,20+,21+,22+,23+,24-,25-,26+,27+,28-,29-,30+,31+,32+,33+,34-,35-,36-,37-,39+/m0/s1. The first kappa shape index (κ1) is 58.8. The van der Waals surface area contributed by atoms with Gasteiger partial charge in [-0.05, 0) is 6.92 Å². The molecule has 26 atom stereocenters. The second kappa shape index (κ2) is 25.0. The van der Waals surface area contributed by atoms with Crippen LogP contribution in [0.1, 0.15) is 27.2 Å². The summed E-state index contributed by atoms with van der Waals surface area (Å²) in [5.41, 5.74) is 0. The normalized spacial score (nSPS) is 45.0. The Bertz CT molecular complexity index is 1780. The van der Waals surface area contributed by atoms with E-state index in [1.807, 2.05) is 0 Å². The molecule has 0 saturated carbocycles. The molecule has 0 aliphatic carbocycles. The van der Waals surface area contributed by atoms with Gasteiger partial charge >= 0.3 is 5.97 Å². The summed E-state index contributed by atoms with van der Waals surface area (Å²) in [5.74, 6) is -7.88. The molecule has 5 heterocycles. The first-order chi connectivity index (χ1) is 33.3. The van der Waals surface area contributed by atoms with Crippen LogP contribution in [0.25, 0.3) is 0 Å². The van der Waals surface area contributed by atoms with Gasteiger partial charge in [-0.25, -0.2) is 4.79 Å². The van der Waals surface area contributed by atoms with Crippen molar-refractivity contribution in [1.29, 1.82) is 0 Å². The van der Waals surface area contributed by atoms with Crippen LogP contribution in [-0.2, 0) is 61.8 Å². The molecule has 0 aromatic carbocycles. The third-order valence-electron chi connectivity index (χ3n) is 12.6. The number of hydrogen-bond acceptors (Lipinski definition) is 28. The highest BCUT2D eigenvalue weighted by molar-refractivity contribution is 5.78. The summed E-state index contributed by atoms with van der Waals surface area (Å²) >= 11 is 0. The van der Waals surface area contributed by atoms with Crippen molar-refractivity contribution in [2.24, 2.45) is 0 Å². The molecule has 0 unspecified atom stereocenters. The maximum Gasteiger partial charge on any atom is 0.364 e. The number of aliphatic hydroxyl groups excluding tert-OH is 15. The highest BCUT2D eigenvalue weighted by Gasteiger charge is 2.59. The fraction of sp³-hybridized carbons (Fsp3) is 0.897. The van der Waals surface area contributed by atoms with Gasteiger partial charge in [-0.1, -0.05) is 0 Å². The van der Waals surface area contributed by atoms with Crippen molar-refractivity contribution in [2.45, 2.75) is 186 Å². The smallest absolute Gasteiger partial charge is 0.364 e. The van der Waals surface area contributed by atoms with Crippen molar-refractivity contribution in [3.8, 4) is 0 Å². The highest BCUT2D eigenvalue weighted by atomic mass is 16.8. The number of hydrogen-bond donors (Lipinski definition) is 19. The summed E-state index contributed by atoms with van der Waals surface area (Å²) in [4.78, 5) is 49.9. The quantitative estimate of drug-likeness (QED) is 0.0571. The van der Waals surface area contributed by atoms with Crippen LogP contribution in [0.4, 0.5) is 0 Å². The van der Waals surface area contributed by atoms with E-state index in [2.05, 4.69) is 16.0 Å². The SMILES string of the molecule is CC(=O)N[C@@H]1[C@@H](O[C@@H]2O[C@H](CO)[C@@H](O[C@@H]3O[C@H](CO)[C@H](O)[C@H](O)[C@H]3O[C@@H]3O[C@@H](C)[C@@H](O)[C@@H](O)[C@@H]3O)[C@H](O)[C@H]2NC(C)=O)[C@@H](O)[C@@H](CO[C@]2(C(=O)O)C[C@H](O)[C@@H](NC(=O)CO)[C@H]([C@H](O)[C@H](O)CO)O2)O[C@@H]1O. The average Bonchev–Trinajstić information content (AvgIpc) is 3.32. The molecule has 410 valence electrons. The van der Waals surface area contributed by atoms with Crippen molar-refractivity contribution in [1.82, 2.24) is 16.0 Å². The van der Waals surface area contributed by atoms with Gasteiger partial charge in [0, 0.05) is 20.3 Å². The van der Waals surface area contributed by atoms with Gasteiger partial charge in [-0.3, -0.25) is 14.4 Å². The first-order valence-corrected chi connectivity index (χ1v) is 22.2. The Labute approximate surface area is 402 Å². The van der Waals surface area contributed by atoms with Gasteiger partial charge in [0.1, 0.15) is 116 Å². The fourth-order valence-electron chi connectivity index (χ4n) is 8.75. The average molecular weight is 1040 g/mol. The Morgan fingerprint density at radius 1 is 0.620 bits per heavy atom. The van der Waals surface area contributed by atoms with Gasteiger partial charge in [0.15, 0.2) is 25.2 Å². The van der Waals surface area contributed by atoms with Crippen molar-refractivity contribution < 1.29 is 144 Å². The Morgan fingerprint density at radius 2 is 1.21 bits per heavy atom. The number of carboxylic acid groups (broad SMARTS) is 1. The predicted molar refractivity (Wildman–Crippen MR) is 219 cm³/mol. The molecule has 0 aromatic heterocycles. The number of carbonyl (C=O) groups is 4. The predicted octanol–water partition coefficient (Wildman–Crippen LogP) is -12.3. The molecule has 0 aromatic rings. The van der Waals surface area contributed by atoms with Crippen LogP contribution in [0.2, 0.25) is 0 Å². The third kappa shape index (κ3) is 13.1. The molecular formula is C39H65N3O29. The van der Waals surface area contributed by atoms with E-state index in [1.165, 1.54) is 6.92 Å². The Kier molecular flexibility index (Phi) is 20.7. The number of aliphatic carboxylic acids is 1. The molecule has 3 amide bonds. The molecule has 71 heavy (non-hydrogen) atoms. The number of carbonyl (C=O) groups excluding carboxylic acids is 3. The molecule has 19 N–H and O–H groups in total. The highest BCUT2D eigenvalue weighted by Crippen LogP contribution is 2.37. The minimum absolute atomic E-state index is 0.853. The summed E-state index contributed by atoms with van der Waals surface area (Å²) in [6.07, 6.45) is -43.2. The lowest BCUT2D eigenvalue weighted by Crippen LogP contribution is -2.71. The Balaban J connectivity index is 1.42.